The summed E-state index contributed by atoms with van der Waals surface area (Å²) in [5, 5.41) is 6.51. The molecule has 0 spiro atoms. The highest BCUT2D eigenvalue weighted by molar-refractivity contribution is 7.80. The first kappa shape index (κ1) is 15.7. The first-order valence-electron chi connectivity index (χ1n) is 5.79. The van der Waals surface area contributed by atoms with Crippen molar-refractivity contribution < 1.29 is 0 Å². The van der Waals surface area contributed by atoms with Gasteiger partial charge in [-0.15, -0.1) is 0 Å². The molecule has 0 aromatic rings. The number of hydrogen-bond acceptors (Lipinski definition) is 5. The third-order valence-electron chi connectivity index (χ3n) is 2.20. The first-order valence-corrected chi connectivity index (χ1v) is 6.20. The van der Waals surface area contributed by atoms with Crippen LogP contribution < -0.4 is 22.1 Å². The molecule has 0 saturated carbocycles. The summed E-state index contributed by atoms with van der Waals surface area (Å²) in [5.41, 5.74) is 10.8. The van der Waals surface area contributed by atoms with Crippen molar-refractivity contribution in [3.05, 3.63) is 0 Å². The number of rotatable bonds is 10. The summed E-state index contributed by atoms with van der Waals surface area (Å²) in [5.74, 6) is 0. The van der Waals surface area contributed by atoms with Gasteiger partial charge in [-0.2, -0.15) is 0 Å². The smallest absolute Gasteiger partial charge is 0.0748 e. The second kappa shape index (κ2) is 11.2. The van der Waals surface area contributed by atoms with E-state index in [1.54, 1.807) is 0 Å². The van der Waals surface area contributed by atoms with Gasteiger partial charge in [0.1, 0.15) is 0 Å². The number of nitrogens with zero attached hydrogens (tertiary/aromatic N) is 1. The highest BCUT2D eigenvalue weighted by Gasteiger charge is 2.03. The topological polar surface area (TPSA) is 79.3 Å². The Balaban J connectivity index is 3.59. The lowest BCUT2D eigenvalue weighted by Crippen LogP contribution is -2.40. The van der Waals surface area contributed by atoms with Gasteiger partial charge in [0.15, 0.2) is 0 Å². The van der Waals surface area contributed by atoms with Gasteiger partial charge in [0.25, 0.3) is 0 Å². The third kappa shape index (κ3) is 8.99. The van der Waals surface area contributed by atoms with E-state index in [1.807, 2.05) is 6.92 Å². The molecular formula is C10H25N5S. The van der Waals surface area contributed by atoms with E-state index in [-0.39, 0.29) is 0 Å². The van der Waals surface area contributed by atoms with E-state index >= 15 is 0 Å². The number of thiocarbonyl (C=S) groups is 1. The maximum atomic E-state index is 5.40. The molecule has 5 nitrogen and oxygen atoms in total. The van der Waals surface area contributed by atoms with E-state index in [4.69, 9.17) is 23.7 Å². The Labute approximate surface area is 104 Å². The minimum atomic E-state index is 0.675. The standard InChI is InChI=1S/C10H25N5S/c1-10(16)15(8-6-13-4-2-11)9-7-14-5-3-12/h13-14H,2-9,11-12H2,1H3. The summed E-state index contributed by atoms with van der Waals surface area (Å²) in [7, 11) is 0. The van der Waals surface area contributed by atoms with Crippen LogP contribution in [0.5, 0.6) is 0 Å². The Morgan fingerprint density at radius 3 is 1.75 bits per heavy atom. The van der Waals surface area contributed by atoms with Crippen molar-refractivity contribution in [1.82, 2.24) is 15.5 Å². The van der Waals surface area contributed by atoms with E-state index in [1.165, 1.54) is 0 Å². The van der Waals surface area contributed by atoms with Crippen molar-refractivity contribution in [2.24, 2.45) is 11.5 Å². The molecule has 96 valence electrons. The molecule has 0 heterocycles. The van der Waals surface area contributed by atoms with Gasteiger partial charge in [-0.3, -0.25) is 0 Å². The molecule has 0 atom stereocenters. The van der Waals surface area contributed by atoms with Crippen LogP contribution in [0.2, 0.25) is 0 Å². The number of nitrogens with one attached hydrogen (secondary N) is 2. The monoisotopic (exact) mass is 247 g/mol. The largest absolute Gasteiger partial charge is 0.364 e. The third-order valence-corrected chi connectivity index (χ3v) is 2.46. The van der Waals surface area contributed by atoms with Gasteiger partial charge >= 0.3 is 0 Å². The molecule has 6 heteroatoms. The quantitative estimate of drug-likeness (QED) is 0.285. The highest BCUT2D eigenvalue weighted by atomic mass is 32.1. The summed E-state index contributed by atoms with van der Waals surface area (Å²) < 4.78 is 0. The fraction of sp³-hybridized carbons (Fsp3) is 0.900. The minimum absolute atomic E-state index is 0.675. The summed E-state index contributed by atoms with van der Waals surface area (Å²) >= 11 is 5.19. The maximum absolute atomic E-state index is 5.40. The zero-order valence-corrected chi connectivity index (χ0v) is 11.0. The lowest BCUT2D eigenvalue weighted by Gasteiger charge is -2.23. The average molecular weight is 247 g/mol. The van der Waals surface area contributed by atoms with E-state index < -0.39 is 0 Å². The normalized spacial score (nSPS) is 10.4. The van der Waals surface area contributed by atoms with E-state index in [0.717, 1.165) is 44.3 Å². The van der Waals surface area contributed by atoms with Gasteiger partial charge in [0, 0.05) is 52.4 Å². The van der Waals surface area contributed by atoms with Crippen LogP contribution >= 0.6 is 12.2 Å². The SMILES string of the molecule is CC(=S)N(CCNCCN)CCNCCN. The zero-order valence-electron chi connectivity index (χ0n) is 10.2. The van der Waals surface area contributed by atoms with E-state index in [0.29, 0.717) is 13.1 Å². The van der Waals surface area contributed by atoms with Crippen molar-refractivity contribution in [3.63, 3.8) is 0 Å². The predicted octanol–water partition coefficient (Wildman–Crippen LogP) is -1.27. The van der Waals surface area contributed by atoms with Crippen molar-refractivity contribution in [1.29, 1.82) is 0 Å². The van der Waals surface area contributed by atoms with Crippen LogP contribution in [-0.2, 0) is 0 Å². The summed E-state index contributed by atoms with van der Waals surface area (Å²) in [6, 6.07) is 0. The molecule has 0 aliphatic rings. The molecule has 0 aromatic carbocycles. The van der Waals surface area contributed by atoms with Crippen LogP contribution in [-0.4, -0.2) is 62.2 Å². The maximum Gasteiger partial charge on any atom is 0.0748 e. The molecular weight excluding hydrogens is 222 g/mol. The summed E-state index contributed by atoms with van der Waals surface area (Å²) in [6.45, 7) is 8.72. The molecule has 0 saturated heterocycles. The second-order valence-corrected chi connectivity index (χ2v) is 4.17. The first-order chi connectivity index (χ1) is 7.72. The molecule has 0 amide bonds. The average Bonchev–Trinajstić information content (AvgIpc) is 2.26. The number of nitrogens with two attached hydrogens (primary N) is 2. The molecule has 0 rings (SSSR count). The lowest BCUT2D eigenvalue weighted by atomic mass is 10.4. The molecule has 6 N–H and O–H groups in total. The van der Waals surface area contributed by atoms with Gasteiger partial charge in [0.05, 0.1) is 4.99 Å². The highest BCUT2D eigenvalue weighted by Crippen LogP contribution is 1.90. The molecule has 0 aromatic heterocycles. The van der Waals surface area contributed by atoms with Crippen molar-refractivity contribution in [2.75, 3.05) is 52.4 Å². The van der Waals surface area contributed by atoms with Crippen LogP contribution in [0.25, 0.3) is 0 Å². The Hall–Kier alpha value is -0.270. The predicted molar refractivity (Wildman–Crippen MR) is 73.7 cm³/mol. The minimum Gasteiger partial charge on any atom is -0.364 e. The number of hydrogen-bond donors (Lipinski definition) is 4. The summed E-state index contributed by atoms with van der Waals surface area (Å²) in [6.07, 6.45) is 0. The van der Waals surface area contributed by atoms with E-state index in [2.05, 4.69) is 15.5 Å². The van der Waals surface area contributed by atoms with Gasteiger partial charge in [-0.05, 0) is 6.92 Å². The Bertz CT molecular complexity index is 165. The Kier molecular flexibility index (Phi) is 11.0. The van der Waals surface area contributed by atoms with E-state index in [9.17, 15) is 0 Å². The summed E-state index contributed by atoms with van der Waals surface area (Å²) in [4.78, 5) is 3.12. The Morgan fingerprint density at radius 1 is 1.00 bits per heavy atom. The van der Waals surface area contributed by atoms with Gasteiger partial charge in [-0.25, -0.2) is 0 Å². The van der Waals surface area contributed by atoms with Crippen molar-refractivity contribution >= 4 is 17.2 Å². The van der Waals surface area contributed by atoms with Crippen molar-refractivity contribution in [3.8, 4) is 0 Å². The molecule has 16 heavy (non-hydrogen) atoms. The fourth-order valence-corrected chi connectivity index (χ4v) is 1.49. The molecule has 0 radical (unpaired) electrons. The molecule has 0 unspecified atom stereocenters. The van der Waals surface area contributed by atoms with Gasteiger partial charge < -0.3 is 27.0 Å². The Morgan fingerprint density at radius 2 is 1.44 bits per heavy atom. The van der Waals surface area contributed by atoms with Crippen LogP contribution in [0.3, 0.4) is 0 Å². The molecule has 0 aliphatic carbocycles. The fourth-order valence-electron chi connectivity index (χ4n) is 1.31. The van der Waals surface area contributed by atoms with Crippen LogP contribution in [0.1, 0.15) is 6.92 Å². The van der Waals surface area contributed by atoms with Gasteiger partial charge in [0.2, 0.25) is 0 Å². The lowest BCUT2D eigenvalue weighted by molar-refractivity contribution is 0.408. The van der Waals surface area contributed by atoms with Gasteiger partial charge in [-0.1, -0.05) is 12.2 Å². The molecule has 0 aliphatic heterocycles. The van der Waals surface area contributed by atoms with Crippen LogP contribution in [0, 0.1) is 0 Å². The molecule has 0 bridgehead atoms. The zero-order chi connectivity index (χ0) is 12.2. The second-order valence-electron chi connectivity index (χ2n) is 3.58. The van der Waals surface area contributed by atoms with Crippen LogP contribution in [0.15, 0.2) is 0 Å². The molecule has 0 fully saturated rings. The van der Waals surface area contributed by atoms with Crippen molar-refractivity contribution in [2.45, 2.75) is 6.92 Å². The van der Waals surface area contributed by atoms with Crippen LogP contribution in [0.4, 0.5) is 0 Å².